The van der Waals surface area contributed by atoms with Crippen molar-refractivity contribution in [2.24, 2.45) is 11.7 Å². The van der Waals surface area contributed by atoms with Gasteiger partial charge in [0, 0.05) is 25.3 Å². The maximum Gasteiger partial charge on any atom is 0.131 e. The molecule has 0 spiro atoms. The Morgan fingerprint density at radius 1 is 1.47 bits per heavy atom. The maximum absolute atomic E-state index is 6.11. The van der Waals surface area contributed by atoms with E-state index >= 15 is 0 Å². The first-order chi connectivity index (χ1) is 9.24. The van der Waals surface area contributed by atoms with Crippen LogP contribution in [0.25, 0.3) is 0 Å². The van der Waals surface area contributed by atoms with Gasteiger partial charge in [0.25, 0.3) is 0 Å². The van der Waals surface area contributed by atoms with E-state index in [0.717, 1.165) is 31.8 Å². The van der Waals surface area contributed by atoms with E-state index in [1.54, 1.807) is 0 Å². The van der Waals surface area contributed by atoms with E-state index in [0.29, 0.717) is 0 Å². The summed E-state index contributed by atoms with van der Waals surface area (Å²) in [4.78, 5) is 7.10. The minimum absolute atomic E-state index is 0.245. The highest BCUT2D eigenvalue weighted by Gasteiger charge is 2.21. The van der Waals surface area contributed by atoms with Crippen LogP contribution in [-0.4, -0.2) is 24.1 Å². The van der Waals surface area contributed by atoms with Gasteiger partial charge >= 0.3 is 0 Å². The lowest BCUT2D eigenvalue weighted by atomic mass is 9.95. The fourth-order valence-electron chi connectivity index (χ4n) is 2.89. The Morgan fingerprint density at radius 3 is 3.05 bits per heavy atom. The van der Waals surface area contributed by atoms with Crippen molar-refractivity contribution in [3.63, 3.8) is 0 Å². The molecule has 3 heteroatoms. The number of nitrogens with zero attached hydrogens (tertiary/aromatic N) is 2. The molecule has 0 aromatic carbocycles. The lowest BCUT2D eigenvalue weighted by Crippen LogP contribution is -2.36. The molecule has 1 aromatic rings. The highest BCUT2D eigenvalue weighted by atomic mass is 15.2. The van der Waals surface area contributed by atoms with Crippen molar-refractivity contribution < 1.29 is 0 Å². The molecule has 0 saturated carbocycles. The van der Waals surface area contributed by atoms with Crippen LogP contribution in [0.4, 0.5) is 5.82 Å². The zero-order chi connectivity index (χ0) is 13.7. The summed E-state index contributed by atoms with van der Waals surface area (Å²) in [5, 5.41) is 0. The number of nitrogens with two attached hydrogens (primary N) is 1. The Hall–Kier alpha value is -1.09. The summed E-state index contributed by atoms with van der Waals surface area (Å²) in [7, 11) is 0. The van der Waals surface area contributed by atoms with Gasteiger partial charge in [-0.25, -0.2) is 4.98 Å². The standard InChI is InChI=1S/C16H27N3/c1-3-13-7-6-10-19(12-13)16-14(8-5-9-18-16)11-15(17)4-2/h5,8-9,13,15H,3-4,6-7,10-12,17H2,1-2H3. The van der Waals surface area contributed by atoms with E-state index in [1.165, 1.54) is 30.6 Å². The van der Waals surface area contributed by atoms with Gasteiger partial charge in [0.2, 0.25) is 0 Å². The monoisotopic (exact) mass is 261 g/mol. The predicted molar refractivity (Wildman–Crippen MR) is 81.4 cm³/mol. The normalized spacial score (nSPS) is 21.4. The molecular weight excluding hydrogens is 234 g/mol. The average Bonchev–Trinajstić information content (AvgIpc) is 2.47. The number of rotatable bonds is 5. The number of pyridine rings is 1. The number of hydrogen-bond acceptors (Lipinski definition) is 3. The fourth-order valence-corrected chi connectivity index (χ4v) is 2.89. The number of anilines is 1. The second-order valence-electron chi connectivity index (χ2n) is 5.72. The molecule has 2 atom stereocenters. The smallest absolute Gasteiger partial charge is 0.131 e. The minimum atomic E-state index is 0.245. The molecular formula is C16H27N3. The molecule has 1 aliphatic rings. The van der Waals surface area contributed by atoms with Gasteiger partial charge in [-0.2, -0.15) is 0 Å². The first kappa shape index (κ1) is 14.3. The molecule has 1 aliphatic heterocycles. The maximum atomic E-state index is 6.11. The van der Waals surface area contributed by atoms with Crippen LogP contribution in [0.15, 0.2) is 18.3 Å². The molecule has 2 unspecified atom stereocenters. The third kappa shape index (κ3) is 3.69. The quantitative estimate of drug-likeness (QED) is 0.886. The van der Waals surface area contributed by atoms with Crippen molar-refractivity contribution in [3.05, 3.63) is 23.9 Å². The van der Waals surface area contributed by atoms with Crippen LogP contribution in [0, 0.1) is 5.92 Å². The zero-order valence-electron chi connectivity index (χ0n) is 12.3. The third-order valence-corrected chi connectivity index (χ3v) is 4.27. The summed E-state index contributed by atoms with van der Waals surface area (Å²) in [6, 6.07) is 4.46. The van der Waals surface area contributed by atoms with Gasteiger partial charge in [-0.15, -0.1) is 0 Å². The third-order valence-electron chi connectivity index (χ3n) is 4.27. The Balaban J connectivity index is 2.14. The molecule has 0 bridgehead atoms. The minimum Gasteiger partial charge on any atom is -0.356 e. The lowest BCUT2D eigenvalue weighted by Gasteiger charge is -2.34. The number of piperidine rings is 1. The molecule has 0 radical (unpaired) electrons. The van der Waals surface area contributed by atoms with Crippen LogP contribution < -0.4 is 10.6 Å². The lowest BCUT2D eigenvalue weighted by molar-refractivity contribution is 0.402. The Kier molecular flexibility index (Phi) is 5.20. The first-order valence-corrected chi connectivity index (χ1v) is 7.69. The van der Waals surface area contributed by atoms with Crippen molar-refractivity contribution in [2.75, 3.05) is 18.0 Å². The average molecular weight is 261 g/mol. The fraction of sp³-hybridized carbons (Fsp3) is 0.688. The van der Waals surface area contributed by atoms with E-state index in [1.807, 2.05) is 12.3 Å². The van der Waals surface area contributed by atoms with E-state index in [4.69, 9.17) is 5.73 Å². The molecule has 19 heavy (non-hydrogen) atoms. The van der Waals surface area contributed by atoms with E-state index in [-0.39, 0.29) is 6.04 Å². The molecule has 2 heterocycles. The SMILES string of the molecule is CCC(N)Cc1cccnc1N1CCCC(CC)C1. The van der Waals surface area contributed by atoms with E-state index in [9.17, 15) is 0 Å². The van der Waals surface area contributed by atoms with Crippen LogP contribution in [0.2, 0.25) is 0 Å². The Bertz CT molecular complexity index is 391. The second-order valence-corrected chi connectivity index (χ2v) is 5.72. The van der Waals surface area contributed by atoms with Crippen LogP contribution in [0.5, 0.6) is 0 Å². The van der Waals surface area contributed by atoms with E-state index in [2.05, 4.69) is 29.8 Å². The van der Waals surface area contributed by atoms with Crippen LogP contribution in [-0.2, 0) is 6.42 Å². The first-order valence-electron chi connectivity index (χ1n) is 7.69. The molecule has 2 rings (SSSR count). The topological polar surface area (TPSA) is 42.1 Å². The number of hydrogen-bond donors (Lipinski definition) is 1. The molecule has 0 aliphatic carbocycles. The van der Waals surface area contributed by atoms with Gasteiger partial charge in [-0.05, 0) is 43.2 Å². The van der Waals surface area contributed by atoms with E-state index < -0.39 is 0 Å². The van der Waals surface area contributed by atoms with Crippen LogP contribution >= 0.6 is 0 Å². The summed E-state index contributed by atoms with van der Waals surface area (Å²) in [6.45, 7) is 6.74. The molecule has 1 aromatic heterocycles. The van der Waals surface area contributed by atoms with Crippen molar-refractivity contribution in [3.8, 4) is 0 Å². The van der Waals surface area contributed by atoms with Gasteiger partial charge in [0.1, 0.15) is 5.82 Å². The van der Waals surface area contributed by atoms with Crippen LogP contribution in [0.1, 0.15) is 45.1 Å². The summed E-state index contributed by atoms with van der Waals surface area (Å²) in [5.41, 5.74) is 7.42. The summed E-state index contributed by atoms with van der Waals surface area (Å²) in [6.07, 6.45) is 7.79. The number of aromatic nitrogens is 1. The Labute approximate surface area is 117 Å². The summed E-state index contributed by atoms with van der Waals surface area (Å²) < 4.78 is 0. The highest BCUT2D eigenvalue weighted by molar-refractivity contribution is 5.47. The van der Waals surface area contributed by atoms with Crippen molar-refractivity contribution in [1.82, 2.24) is 4.98 Å². The molecule has 0 amide bonds. The summed E-state index contributed by atoms with van der Waals surface area (Å²) >= 11 is 0. The largest absolute Gasteiger partial charge is 0.356 e. The molecule has 1 fully saturated rings. The van der Waals surface area contributed by atoms with Crippen molar-refractivity contribution >= 4 is 5.82 Å². The van der Waals surface area contributed by atoms with Crippen LogP contribution in [0.3, 0.4) is 0 Å². The second kappa shape index (κ2) is 6.90. The Morgan fingerprint density at radius 2 is 2.32 bits per heavy atom. The molecule has 2 N–H and O–H groups in total. The van der Waals surface area contributed by atoms with Gasteiger partial charge in [0.15, 0.2) is 0 Å². The highest BCUT2D eigenvalue weighted by Crippen LogP contribution is 2.26. The molecule has 3 nitrogen and oxygen atoms in total. The summed E-state index contributed by atoms with van der Waals surface area (Å²) in [5.74, 6) is 1.99. The zero-order valence-corrected chi connectivity index (χ0v) is 12.3. The van der Waals surface area contributed by atoms with Crippen molar-refractivity contribution in [1.29, 1.82) is 0 Å². The predicted octanol–water partition coefficient (Wildman–Crippen LogP) is 2.99. The van der Waals surface area contributed by atoms with Gasteiger partial charge in [-0.3, -0.25) is 0 Å². The van der Waals surface area contributed by atoms with Gasteiger partial charge in [-0.1, -0.05) is 26.3 Å². The molecule has 106 valence electrons. The molecule has 1 saturated heterocycles. The van der Waals surface area contributed by atoms with Crippen molar-refractivity contribution in [2.45, 2.75) is 52.0 Å². The van der Waals surface area contributed by atoms with Gasteiger partial charge < -0.3 is 10.6 Å². The van der Waals surface area contributed by atoms with Gasteiger partial charge in [0.05, 0.1) is 0 Å².